The number of nitrogens with two attached hydrogens (primary N) is 1. The standard InChI is InChI=1S/C14H13N3S2/c1-9-4-5-10(7-11(9)15)16-14-17-12(8-19-14)13-3-2-6-18-13/h2-8H,15H2,1H3,(H,16,17). The second kappa shape index (κ2) is 5.03. The van der Waals surface area contributed by atoms with E-state index >= 15 is 0 Å². The lowest BCUT2D eigenvalue weighted by Crippen LogP contribution is -1.94. The van der Waals surface area contributed by atoms with Crippen molar-refractivity contribution in [1.29, 1.82) is 0 Å². The van der Waals surface area contributed by atoms with Gasteiger partial charge in [0.15, 0.2) is 5.13 Å². The monoisotopic (exact) mass is 287 g/mol. The minimum Gasteiger partial charge on any atom is -0.398 e. The molecule has 0 atom stereocenters. The fourth-order valence-electron chi connectivity index (χ4n) is 1.71. The molecule has 0 aliphatic heterocycles. The smallest absolute Gasteiger partial charge is 0.187 e. The number of aromatic nitrogens is 1. The molecule has 0 amide bonds. The van der Waals surface area contributed by atoms with Crippen molar-refractivity contribution in [3.05, 3.63) is 46.7 Å². The SMILES string of the molecule is Cc1ccc(Nc2nc(-c3cccs3)cs2)cc1N. The lowest BCUT2D eigenvalue weighted by atomic mass is 10.2. The van der Waals surface area contributed by atoms with Crippen LogP contribution in [0, 0.1) is 6.92 Å². The summed E-state index contributed by atoms with van der Waals surface area (Å²) < 4.78 is 0. The highest BCUT2D eigenvalue weighted by atomic mass is 32.1. The lowest BCUT2D eigenvalue weighted by Gasteiger charge is -2.05. The topological polar surface area (TPSA) is 50.9 Å². The van der Waals surface area contributed by atoms with Gasteiger partial charge in [0.05, 0.1) is 10.6 Å². The zero-order chi connectivity index (χ0) is 13.2. The number of aryl methyl sites for hydroxylation is 1. The van der Waals surface area contributed by atoms with Crippen LogP contribution < -0.4 is 11.1 Å². The molecule has 2 heterocycles. The van der Waals surface area contributed by atoms with E-state index in [2.05, 4.69) is 27.1 Å². The lowest BCUT2D eigenvalue weighted by molar-refractivity contribution is 1.39. The maximum absolute atomic E-state index is 5.90. The second-order valence-electron chi connectivity index (χ2n) is 4.21. The molecule has 2 aromatic heterocycles. The van der Waals surface area contributed by atoms with Crippen molar-refractivity contribution in [2.24, 2.45) is 0 Å². The molecule has 96 valence electrons. The van der Waals surface area contributed by atoms with E-state index in [9.17, 15) is 0 Å². The highest BCUT2D eigenvalue weighted by Crippen LogP contribution is 2.30. The molecule has 0 saturated heterocycles. The predicted octanol–water partition coefficient (Wildman–Crippen LogP) is 4.51. The van der Waals surface area contributed by atoms with Gasteiger partial charge in [-0.2, -0.15) is 0 Å². The molecule has 0 aliphatic carbocycles. The van der Waals surface area contributed by atoms with Crippen molar-refractivity contribution >= 4 is 39.2 Å². The predicted molar refractivity (Wildman–Crippen MR) is 84.3 cm³/mol. The van der Waals surface area contributed by atoms with Crippen molar-refractivity contribution in [2.75, 3.05) is 11.1 Å². The molecule has 3 nitrogen and oxygen atoms in total. The summed E-state index contributed by atoms with van der Waals surface area (Å²) in [6.07, 6.45) is 0. The Morgan fingerprint density at radius 3 is 2.84 bits per heavy atom. The van der Waals surface area contributed by atoms with Crippen LogP contribution in [0.4, 0.5) is 16.5 Å². The normalized spacial score (nSPS) is 10.6. The van der Waals surface area contributed by atoms with Crippen molar-refractivity contribution in [2.45, 2.75) is 6.92 Å². The number of rotatable bonds is 3. The first-order chi connectivity index (χ1) is 9.22. The Balaban J connectivity index is 1.82. The Morgan fingerprint density at radius 1 is 1.21 bits per heavy atom. The van der Waals surface area contributed by atoms with Gasteiger partial charge in [-0.15, -0.1) is 22.7 Å². The van der Waals surface area contributed by atoms with Gasteiger partial charge in [-0.1, -0.05) is 12.1 Å². The van der Waals surface area contributed by atoms with Gasteiger partial charge in [-0.25, -0.2) is 4.98 Å². The molecule has 0 bridgehead atoms. The van der Waals surface area contributed by atoms with E-state index in [1.165, 1.54) is 4.88 Å². The van der Waals surface area contributed by atoms with Crippen molar-refractivity contribution < 1.29 is 0 Å². The van der Waals surface area contributed by atoms with Gasteiger partial charge in [0.2, 0.25) is 0 Å². The van der Waals surface area contributed by atoms with Gasteiger partial charge in [-0.05, 0) is 36.1 Å². The Hall–Kier alpha value is -1.85. The minimum atomic E-state index is 0.792. The third-order valence-corrected chi connectivity index (χ3v) is 4.46. The summed E-state index contributed by atoms with van der Waals surface area (Å²) in [5.41, 5.74) is 9.76. The van der Waals surface area contributed by atoms with Crippen LogP contribution in [0.2, 0.25) is 0 Å². The molecule has 0 unspecified atom stereocenters. The van der Waals surface area contributed by atoms with Crippen LogP contribution in [-0.2, 0) is 0 Å². The molecular weight excluding hydrogens is 274 g/mol. The van der Waals surface area contributed by atoms with Crippen LogP contribution in [-0.4, -0.2) is 4.98 Å². The average molecular weight is 287 g/mol. The van der Waals surface area contributed by atoms with E-state index in [1.807, 2.05) is 31.2 Å². The molecule has 5 heteroatoms. The minimum absolute atomic E-state index is 0.792. The van der Waals surface area contributed by atoms with Gasteiger partial charge >= 0.3 is 0 Å². The second-order valence-corrected chi connectivity index (χ2v) is 6.02. The summed E-state index contributed by atoms with van der Waals surface area (Å²) in [6.45, 7) is 2.00. The summed E-state index contributed by atoms with van der Waals surface area (Å²) >= 11 is 3.29. The largest absolute Gasteiger partial charge is 0.398 e. The Labute approximate surface area is 119 Å². The van der Waals surface area contributed by atoms with E-state index in [0.717, 1.165) is 27.8 Å². The van der Waals surface area contributed by atoms with Crippen LogP contribution >= 0.6 is 22.7 Å². The van der Waals surface area contributed by atoms with Crippen molar-refractivity contribution in [1.82, 2.24) is 4.98 Å². The number of thiophene rings is 1. The number of thiazole rings is 1. The number of anilines is 3. The van der Waals surface area contributed by atoms with Gasteiger partial charge in [0.1, 0.15) is 0 Å². The molecule has 0 radical (unpaired) electrons. The van der Waals surface area contributed by atoms with Crippen molar-refractivity contribution in [3.8, 4) is 10.6 Å². The summed E-state index contributed by atoms with van der Waals surface area (Å²) in [4.78, 5) is 5.76. The number of benzene rings is 1. The van der Waals surface area contributed by atoms with Gasteiger partial charge in [0.25, 0.3) is 0 Å². The van der Waals surface area contributed by atoms with Gasteiger partial charge in [-0.3, -0.25) is 0 Å². The molecule has 19 heavy (non-hydrogen) atoms. The quantitative estimate of drug-likeness (QED) is 0.697. The third kappa shape index (κ3) is 2.62. The number of nitrogen functional groups attached to an aromatic ring is 1. The Bertz CT molecular complexity index is 687. The maximum atomic E-state index is 5.90. The molecule has 3 aromatic rings. The van der Waals surface area contributed by atoms with Crippen LogP contribution in [0.3, 0.4) is 0 Å². The van der Waals surface area contributed by atoms with Crippen LogP contribution in [0.1, 0.15) is 5.56 Å². The maximum Gasteiger partial charge on any atom is 0.187 e. The van der Waals surface area contributed by atoms with Crippen molar-refractivity contribution in [3.63, 3.8) is 0 Å². The number of hydrogen-bond donors (Lipinski definition) is 2. The molecule has 0 saturated carbocycles. The molecule has 0 fully saturated rings. The summed E-state index contributed by atoms with van der Waals surface area (Å²) in [7, 11) is 0. The van der Waals surface area contributed by atoms with Crippen LogP contribution in [0.15, 0.2) is 41.1 Å². The van der Waals surface area contributed by atoms with Crippen LogP contribution in [0.25, 0.3) is 10.6 Å². The van der Waals surface area contributed by atoms with E-state index in [-0.39, 0.29) is 0 Å². The summed E-state index contributed by atoms with van der Waals surface area (Å²) in [5.74, 6) is 0. The van der Waals surface area contributed by atoms with E-state index in [0.29, 0.717) is 0 Å². The first kappa shape index (κ1) is 12.2. The molecular formula is C14H13N3S2. The van der Waals surface area contributed by atoms with E-state index < -0.39 is 0 Å². The molecule has 3 N–H and O–H groups in total. The zero-order valence-electron chi connectivity index (χ0n) is 10.4. The van der Waals surface area contributed by atoms with Crippen LogP contribution in [0.5, 0.6) is 0 Å². The number of nitrogens with zero attached hydrogens (tertiary/aromatic N) is 1. The third-order valence-electron chi connectivity index (χ3n) is 2.81. The van der Waals surface area contributed by atoms with E-state index in [4.69, 9.17) is 5.73 Å². The summed E-state index contributed by atoms with van der Waals surface area (Å²) in [5, 5.41) is 8.29. The fourth-order valence-corrected chi connectivity index (χ4v) is 3.20. The number of nitrogens with one attached hydrogen (secondary N) is 1. The van der Waals surface area contributed by atoms with E-state index in [1.54, 1.807) is 22.7 Å². The number of hydrogen-bond acceptors (Lipinski definition) is 5. The first-order valence-electron chi connectivity index (χ1n) is 5.85. The molecule has 0 aliphatic rings. The van der Waals surface area contributed by atoms with Gasteiger partial charge < -0.3 is 11.1 Å². The van der Waals surface area contributed by atoms with Gasteiger partial charge in [0, 0.05) is 16.8 Å². The highest BCUT2D eigenvalue weighted by molar-refractivity contribution is 7.16. The average Bonchev–Trinajstić information content (AvgIpc) is 3.04. The highest BCUT2D eigenvalue weighted by Gasteiger charge is 2.06. The fraction of sp³-hybridized carbons (Fsp3) is 0.0714. The Morgan fingerprint density at radius 2 is 2.11 bits per heavy atom. The Kier molecular flexibility index (Phi) is 3.23. The zero-order valence-corrected chi connectivity index (χ0v) is 12.0. The summed E-state index contributed by atoms with van der Waals surface area (Å²) in [6, 6.07) is 10.1. The first-order valence-corrected chi connectivity index (χ1v) is 7.61. The molecule has 1 aromatic carbocycles. The molecule has 0 spiro atoms. The molecule has 3 rings (SSSR count).